The summed E-state index contributed by atoms with van der Waals surface area (Å²) < 4.78 is 4.85. The molecule has 3 nitrogen and oxygen atoms in total. The SMILES string of the molecule is CC(=O)Oc1ccc(C=CC#N)cc1. The zero-order valence-corrected chi connectivity index (χ0v) is 7.73. The molecule has 3 heteroatoms. The number of benzene rings is 1. The van der Waals surface area contributed by atoms with Crippen LogP contribution in [0.25, 0.3) is 6.08 Å². The molecule has 0 N–H and O–H groups in total. The molecule has 14 heavy (non-hydrogen) atoms. The van der Waals surface area contributed by atoms with Crippen LogP contribution in [0.2, 0.25) is 0 Å². The molecule has 0 saturated carbocycles. The van der Waals surface area contributed by atoms with E-state index < -0.39 is 0 Å². The van der Waals surface area contributed by atoms with Crippen LogP contribution in [0, 0.1) is 11.3 Å². The van der Waals surface area contributed by atoms with Crippen LogP contribution in [0.4, 0.5) is 0 Å². The first-order valence-corrected chi connectivity index (χ1v) is 4.07. The van der Waals surface area contributed by atoms with Crippen molar-refractivity contribution in [3.63, 3.8) is 0 Å². The average Bonchev–Trinajstić information content (AvgIpc) is 2.16. The molecule has 1 aromatic rings. The van der Waals surface area contributed by atoms with E-state index in [4.69, 9.17) is 10.00 Å². The Labute approximate surface area is 82.2 Å². The molecule has 0 amide bonds. The molecule has 0 aliphatic heterocycles. The summed E-state index contributed by atoms with van der Waals surface area (Å²) in [6.45, 7) is 1.35. The predicted molar refractivity (Wildman–Crippen MR) is 52.4 cm³/mol. The number of esters is 1. The number of ether oxygens (including phenoxy) is 1. The van der Waals surface area contributed by atoms with Gasteiger partial charge in [-0.15, -0.1) is 0 Å². The predicted octanol–water partition coefficient (Wildman–Crippen LogP) is 2.15. The third kappa shape index (κ3) is 3.11. The molecule has 0 saturated heterocycles. The fourth-order valence-electron chi connectivity index (χ4n) is 0.946. The van der Waals surface area contributed by atoms with Crippen LogP contribution in [0.3, 0.4) is 0 Å². The zero-order chi connectivity index (χ0) is 10.4. The molecule has 0 fully saturated rings. The van der Waals surface area contributed by atoms with Crippen molar-refractivity contribution < 1.29 is 9.53 Å². The van der Waals surface area contributed by atoms with E-state index in [1.54, 1.807) is 30.3 Å². The topological polar surface area (TPSA) is 50.1 Å². The third-order valence-electron chi connectivity index (χ3n) is 1.49. The minimum absolute atomic E-state index is 0.342. The first-order chi connectivity index (χ1) is 6.72. The van der Waals surface area contributed by atoms with Crippen molar-refractivity contribution in [3.8, 4) is 11.8 Å². The molecule has 0 bridgehead atoms. The van der Waals surface area contributed by atoms with E-state index in [0.717, 1.165) is 5.56 Å². The van der Waals surface area contributed by atoms with Gasteiger partial charge in [0.05, 0.1) is 6.07 Å². The molecule has 0 radical (unpaired) electrons. The molecular formula is C11H9NO2. The van der Waals surface area contributed by atoms with E-state index >= 15 is 0 Å². The van der Waals surface area contributed by atoms with E-state index in [1.165, 1.54) is 13.0 Å². The zero-order valence-electron chi connectivity index (χ0n) is 7.73. The molecule has 0 unspecified atom stereocenters. The van der Waals surface area contributed by atoms with Crippen molar-refractivity contribution in [3.05, 3.63) is 35.9 Å². The summed E-state index contributed by atoms with van der Waals surface area (Å²) >= 11 is 0. The number of hydrogen-bond acceptors (Lipinski definition) is 3. The van der Waals surface area contributed by atoms with Gasteiger partial charge < -0.3 is 4.74 Å². The number of allylic oxidation sites excluding steroid dienone is 1. The molecule has 0 heterocycles. The normalized spacial score (nSPS) is 9.71. The summed E-state index contributed by atoms with van der Waals surface area (Å²) in [5.41, 5.74) is 0.891. The van der Waals surface area contributed by atoms with E-state index in [9.17, 15) is 4.79 Å². The maximum absolute atomic E-state index is 10.6. The van der Waals surface area contributed by atoms with E-state index in [0.29, 0.717) is 5.75 Å². The average molecular weight is 187 g/mol. The van der Waals surface area contributed by atoms with Gasteiger partial charge in [0.2, 0.25) is 0 Å². The largest absolute Gasteiger partial charge is 0.427 e. The van der Waals surface area contributed by atoms with Gasteiger partial charge in [0.15, 0.2) is 0 Å². The van der Waals surface area contributed by atoms with Crippen molar-refractivity contribution in [2.45, 2.75) is 6.92 Å². The fourth-order valence-corrected chi connectivity index (χ4v) is 0.946. The smallest absolute Gasteiger partial charge is 0.308 e. The molecule has 0 aliphatic carbocycles. The highest BCUT2D eigenvalue weighted by Gasteiger charge is 1.96. The second-order valence-electron chi connectivity index (χ2n) is 2.63. The van der Waals surface area contributed by atoms with Crippen molar-refractivity contribution in [2.24, 2.45) is 0 Å². The quantitative estimate of drug-likeness (QED) is 0.405. The highest BCUT2D eigenvalue weighted by molar-refractivity contribution is 5.69. The van der Waals surface area contributed by atoms with Crippen LogP contribution in [0.5, 0.6) is 5.75 Å². The monoisotopic (exact) mass is 187 g/mol. The number of carbonyl (C=O) groups is 1. The van der Waals surface area contributed by atoms with E-state index in [1.807, 2.05) is 6.07 Å². The molecule has 1 aromatic carbocycles. The van der Waals surface area contributed by atoms with Crippen molar-refractivity contribution >= 4 is 12.0 Å². The van der Waals surface area contributed by atoms with Gasteiger partial charge in [0, 0.05) is 13.0 Å². The van der Waals surface area contributed by atoms with Crippen molar-refractivity contribution in [1.82, 2.24) is 0 Å². The lowest BCUT2D eigenvalue weighted by atomic mass is 10.2. The summed E-state index contributed by atoms with van der Waals surface area (Å²) in [6, 6.07) is 8.80. The Kier molecular flexibility index (Phi) is 3.45. The Balaban J connectivity index is 2.74. The lowest BCUT2D eigenvalue weighted by molar-refractivity contribution is -0.131. The van der Waals surface area contributed by atoms with E-state index in [-0.39, 0.29) is 5.97 Å². The summed E-state index contributed by atoms with van der Waals surface area (Å²) in [5.74, 6) is 0.164. The molecule has 0 aliphatic rings. The van der Waals surface area contributed by atoms with Gasteiger partial charge in [-0.25, -0.2) is 0 Å². The Morgan fingerprint density at radius 2 is 2.07 bits per heavy atom. The molecule has 0 spiro atoms. The molecule has 70 valence electrons. The van der Waals surface area contributed by atoms with E-state index in [2.05, 4.69) is 0 Å². The van der Waals surface area contributed by atoms with Crippen molar-refractivity contribution in [2.75, 3.05) is 0 Å². The highest BCUT2D eigenvalue weighted by Crippen LogP contribution is 2.13. The number of nitriles is 1. The standard InChI is InChI=1S/C11H9NO2/c1-9(13)14-11-6-4-10(5-7-11)3-2-8-12/h2-7H,1H3. The second-order valence-corrected chi connectivity index (χ2v) is 2.63. The molecule has 1 rings (SSSR count). The molecule has 0 aromatic heterocycles. The van der Waals surface area contributed by atoms with Crippen LogP contribution < -0.4 is 4.74 Å². The van der Waals surface area contributed by atoms with Gasteiger partial charge in [0.25, 0.3) is 0 Å². The number of carbonyl (C=O) groups excluding carboxylic acids is 1. The Morgan fingerprint density at radius 3 is 2.57 bits per heavy atom. The maximum Gasteiger partial charge on any atom is 0.308 e. The third-order valence-corrected chi connectivity index (χ3v) is 1.49. The van der Waals surface area contributed by atoms with Crippen molar-refractivity contribution in [1.29, 1.82) is 5.26 Å². The van der Waals surface area contributed by atoms with Crippen LogP contribution >= 0.6 is 0 Å². The Hall–Kier alpha value is -2.08. The Bertz CT molecular complexity index is 385. The van der Waals surface area contributed by atoms with Gasteiger partial charge in [-0.05, 0) is 23.8 Å². The number of hydrogen-bond donors (Lipinski definition) is 0. The number of nitrogens with zero attached hydrogens (tertiary/aromatic N) is 1. The summed E-state index contributed by atoms with van der Waals surface area (Å²) in [5, 5.41) is 8.29. The van der Waals surface area contributed by atoms with Gasteiger partial charge in [-0.1, -0.05) is 12.1 Å². The second kappa shape index (κ2) is 4.83. The van der Waals surface area contributed by atoms with Crippen LogP contribution in [0.15, 0.2) is 30.3 Å². The summed E-state index contributed by atoms with van der Waals surface area (Å²) in [4.78, 5) is 10.6. The first kappa shape index (κ1) is 10.0. The van der Waals surface area contributed by atoms with Gasteiger partial charge in [-0.3, -0.25) is 4.79 Å². The van der Waals surface area contributed by atoms with Gasteiger partial charge in [0.1, 0.15) is 5.75 Å². The summed E-state index contributed by atoms with van der Waals surface area (Å²) in [6.07, 6.45) is 3.07. The lowest BCUT2D eigenvalue weighted by Crippen LogP contribution is -2.00. The minimum atomic E-state index is -0.342. The molecular weight excluding hydrogens is 178 g/mol. The molecule has 0 atom stereocenters. The van der Waals surface area contributed by atoms with Crippen LogP contribution in [-0.4, -0.2) is 5.97 Å². The first-order valence-electron chi connectivity index (χ1n) is 4.07. The maximum atomic E-state index is 10.6. The highest BCUT2D eigenvalue weighted by atomic mass is 16.5. The van der Waals surface area contributed by atoms with Gasteiger partial charge in [-0.2, -0.15) is 5.26 Å². The van der Waals surface area contributed by atoms with Crippen LogP contribution in [-0.2, 0) is 4.79 Å². The minimum Gasteiger partial charge on any atom is -0.427 e. The fraction of sp³-hybridized carbons (Fsp3) is 0.0909. The summed E-state index contributed by atoms with van der Waals surface area (Å²) in [7, 11) is 0. The van der Waals surface area contributed by atoms with Crippen LogP contribution in [0.1, 0.15) is 12.5 Å². The Morgan fingerprint density at radius 1 is 1.43 bits per heavy atom. The van der Waals surface area contributed by atoms with Gasteiger partial charge >= 0.3 is 5.97 Å². The lowest BCUT2D eigenvalue weighted by Gasteiger charge is -2.00. The number of rotatable bonds is 2.